The van der Waals surface area contributed by atoms with Crippen LogP contribution in [0.5, 0.6) is 17.2 Å². The van der Waals surface area contributed by atoms with Gasteiger partial charge in [0.2, 0.25) is 0 Å². The largest absolute Gasteiger partial charge is 0.504 e. The van der Waals surface area contributed by atoms with Gasteiger partial charge in [-0.05, 0) is 43.3 Å². The van der Waals surface area contributed by atoms with E-state index in [1.54, 1.807) is 18.3 Å². The predicted octanol–water partition coefficient (Wildman–Crippen LogP) is 4.31. The monoisotopic (exact) mass is 349 g/mol. The number of aromatic hydroxyl groups is 1. The molecule has 0 aliphatic rings. The number of benzene rings is 2. The second-order valence-electron chi connectivity index (χ2n) is 4.23. The van der Waals surface area contributed by atoms with Crippen molar-refractivity contribution in [2.24, 2.45) is 4.99 Å². The van der Waals surface area contributed by atoms with Gasteiger partial charge in [0.25, 0.3) is 0 Å². The fourth-order valence-corrected chi connectivity index (χ4v) is 2.24. The molecule has 0 aromatic heterocycles. The Bertz CT molecular complexity index is 639. The van der Waals surface area contributed by atoms with Crippen molar-refractivity contribution in [1.29, 1.82) is 0 Å². The molecule has 2 aromatic carbocycles. The molecule has 0 saturated carbocycles. The minimum Gasteiger partial charge on any atom is -0.504 e. The van der Waals surface area contributed by atoms with Gasteiger partial charge < -0.3 is 14.6 Å². The average molecular weight is 350 g/mol. The number of hydrogen-bond donors (Lipinski definition) is 1. The molecule has 0 unspecified atom stereocenters. The minimum absolute atomic E-state index is 0.0652. The quantitative estimate of drug-likeness (QED) is 0.818. The van der Waals surface area contributed by atoms with E-state index < -0.39 is 0 Å². The molecule has 0 aliphatic heterocycles. The lowest BCUT2D eigenvalue weighted by Crippen LogP contribution is -1.90. The second-order valence-corrected chi connectivity index (χ2v) is 5.15. The zero-order valence-electron chi connectivity index (χ0n) is 11.8. The summed E-state index contributed by atoms with van der Waals surface area (Å²) in [5.41, 5.74) is 1.35. The molecule has 1 N–H and O–H groups in total. The molecule has 0 saturated heterocycles. The molecule has 4 nitrogen and oxygen atoms in total. The van der Waals surface area contributed by atoms with Crippen LogP contribution in [-0.2, 0) is 0 Å². The van der Waals surface area contributed by atoms with Crippen LogP contribution in [-0.4, -0.2) is 25.0 Å². The van der Waals surface area contributed by atoms with E-state index in [4.69, 9.17) is 9.47 Å². The highest BCUT2D eigenvalue weighted by atomic mass is 79.9. The summed E-state index contributed by atoms with van der Waals surface area (Å²) in [7, 11) is 1.51. The van der Waals surface area contributed by atoms with Crippen molar-refractivity contribution in [3.63, 3.8) is 0 Å². The Morgan fingerprint density at radius 1 is 1.24 bits per heavy atom. The summed E-state index contributed by atoms with van der Waals surface area (Å²) in [4.78, 5) is 4.34. The van der Waals surface area contributed by atoms with Crippen LogP contribution in [0.4, 0.5) is 5.69 Å². The third kappa shape index (κ3) is 3.98. The lowest BCUT2D eigenvalue weighted by atomic mass is 10.2. The molecule has 0 atom stereocenters. The second kappa shape index (κ2) is 7.13. The lowest BCUT2D eigenvalue weighted by molar-refractivity contribution is 0.340. The number of nitrogens with zero attached hydrogens (tertiary/aromatic N) is 1. The van der Waals surface area contributed by atoms with Crippen molar-refractivity contribution in [1.82, 2.24) is 0 Å². The van der Waals surface area contributed by atoms with Crippen molar-refractivity contribution < 1.29 is 14.6 Å². The molecule has 110 valence electrons. The number of phenolic OH excluding ortho intramolecular Hbond substituents is 1. The van der Waals surface area contributed by atoms with Crippen LogP contribution in [0.3, 0.4) is 0 Å². The van der Waals surface area contributed by atoms with E-state index in [1.807, 2.05) is 31.2 Å². The van der Waals surface area contributed by atoms with Crippen LogP contribution in [0.25, 0.3) is 0 Å². The Kier molecular flexibility index (Phi) is 5.22. The van der Waals surface area contributed by atoms with Crippen LogP contribution in [0.2, 0.25) is 0 Å². The van der Waals surface area contributed by atoms with E-state index in [9.17, 15) is 5.11 Å². The topological polar surface area (TPSA) is 51.0 Å². The van der Waals surface area contributed by atoms with E-state index in [1.165, 1.54) is 7.11 Å². The molecule has 0 radical (unpaired) electrons. The van der Waals surface area contributed by atoms with Crippen LogP contribution in [0, 0.1) is 0 Å². The van der Waals surface area contributed by atoms with Crippen LogP contribution >= 0.6 is 15.9 Å². The summed E-state index contributed by atoms with van der Waals surface area (Å²) < 4.78 is 11.3. The standard InChI is InChI=1S/C16H16BrNO3/c1-3-21-14-6-4-13(5-7-14)18-10-11-8-12(17)9-15(20-2)16(11)19/h4-10,19H,3H2,1-2H3. The number of hydrogen-bond acceptors (Lipinski definition) is 4. The molecular formula is C16H16BrNO3. The van der Waals surface area contributed by atoms with E-state index in [0.29, 0.717) is 17.9 Å². The van der Waals surface area contributed by atoms with Gasteiger partial charge in [-0.1, -0.05) is 15.9 Å². The van der Waals surface area contributed by atoms with Gasteiger partial charge in [-0.3, -0.25) is 4.99 Å². The molecule has 21 heavy (non-hydrogen) atoms. The Morgan fingerprint density at radius 3 is 2.57 bits per heavy atom. The Labute approximate surface area is 132 Å². The molecule has 0 heterocycles. The summed E-state index contributed by atoms with van der Waals surface area (Å²) in [5.74, 6) is 1.27. The number of phenols is 1. The smallest absolute Gasteiger partial charge is 0.166 e. The summed E-state index contributed by atoms with van der Waals surface area (Å²) in [5, 5.41) is 10.0. The van der Waals surface area contributed by atoms with E-state index in [-0.39, 0.29) is 5.75 Å². The van der Waals surface area contributed by atoms with Gasteiger partial charge in [0.05, 0.1) is 19.4 Å². The normalized spacial score (nSPS) is 10.8. The van der Waals surface area contributed by atoms with Crippen molar-refractivity contribution in [2.75, 3.05) is 13.7 Å². The third-order valence-corrected chi connectivity index (χ3v) is 3.25. The highest BCUT2D eigenvalue weighted by molar-refractivity contribution is 9.10. The van der Waals surface area contributed by atoms with Gasteiger partial charge in [-0.2, -0.15) is 0 Å². The van der Waals surface area contributed by atoms with Crippen LogP contribution < -0.4 is 9.47 Å². The Morgan fingerprint density at radius 2 is 1.95 bits per heavy atom. The molecule has 5 heteroatoms. The van der Waals surface area contributed by atoms with Gasteiger partial charge >= 0.3 is 0 Å². The molecular weight excluding hydrogens is 334 g/mol. The van der Waals surface area contributed by atoms with E-state index in [2.05, 4.69) is 20.9 Å². The first kappa shape index (κ1) is 15.4. The first-order valence-electron chi connectivity index (χ1n) is 6.47. The molecule has 0 spiro atoms. The fourth-order valence-electron chi connectivity index (χ4n) is 1.79. The number of methoxy groups -OCH3 is 1. The predicted molar refractivity (Wildman–Crippen MR) is 87.2 cm³/mol. The fraction of sp³-hybridized carbons (Fsp3) is 0.188. The molecule has 2 aromatic rings. The SMILES string of the molecule is CCOc1ccc(N=Cc2cc(Br)cc(OC)c2O)cc1. The van der Waals surface area contributed by atoms with Gasteiger partial charge in [-0.15, -0.1) is 0 Å². The maximum atomic E-state index is 10.0. The minimum atomic E-state index is 0.0652. The van der Waals surface area contributed by atoms with Crippen molar-refractivity contribution in [3.05, 3.63) is 46.4 Å². The highest BCUT2D eigenvalue weighted by Crippen LogP contribution is 2.32. The molecule has 0 bridgehead atoms. The number of ether oxygens (including phenoxy) is 2. The highest BCUT2D eigenvalue weighted by Gasteiger charge is 2.07. The van der Waals surface area contributed by atoms with Gasteiger partial charge in [0, 0.05) is 16.3 Å². The first-order valence-corrected chi connectivity index (χ1v) is 7.26. The zero-order chi connectivity index (χ0) is 15.2. The summed E-state index contributed by atoms with van der Waals surface area (Å²) >= 11 is 3.37. The summed E-state index contributed by atoms with van der Waals surface area (Å²) in [6, 6.07) is 10.9. The number of rotatable bonds is 5. The first-order chi connectivity index (χ1) is 10.1. The lowest BCUT2D eigenvalue weighted by Gasteiger charge is -2.06. The third-order valence-electron chi connectivity index (χ3n) is 2.79. The molecule has 0 aliphatic carbocycles. The Balaban J connectivity index is 2.22. The summed E-state index contributed by atoms with van der Waals surface area (Å²) in [6.07, 6.45) is 1.60. The average Bonchev–Trinajstić information content (AvgIpc) is 2.49. The van der Waals surface area contributed by atoms with Crippen molar-refractivity contribution in [2.45, 2.75) is 6.92 Å². The van der Waals surface area contributed by atoms with E-state index in [0.717, 1.165) is 15.9 Å². The van der Waals surface area contributed by atoms with Crippen molar-refractivity contribution >= 4 is 27.8 Å². The van der Waals surface area contributed by atoms with Gasteiger partial charge in [0.15, 0.2) is 11.5 Å². The zero-order valence-corrected chi connectivity index (χ0v) is 13.4. The maximum Gasteiger partial charge on any atom is 0.166 e. The summed E-state index contributed by atoms with van der Waals surface area (Å²) in [6.45, 7) is 2.57. The molecule has 0 fully saturated rings. The van der Waals surface area contributed by atoms with Crippen LogP contribution in [0.15, 0.2) is 45.9 Å². The number of halogens is 1. The molecule has 2 rings (SSSR count). The Hall–Kier alpha value is -2.01. The maximum absolute atomic E-state index is 10.0. The van der Waals surface area contributed by atoms with Gasteiger partial charge in [-0.25, -0.2) is 0 Å². The van der Waals surface area contributed by atoms with Crippen LogP contribution in [0.1, 0.15) is 12.5 Å². The van der Waals surface area contributed by atoms with Crippen molar-refractivity contribution in [3.8, 4) is 17.2 Å². The van der Waals surface area contributed by atoms with Gasteiger partial charge in [0.1, 0.15) is 5.75 Å². The number of aliphatic imine (C=N–C) groups is 1. The van der Waals surface area contributed by atoms with E-state index >= 15 is 0 Å². The molecule has 0 amide bonds.